The van der Waals surface area contributed by atoms with Gasteiger partial charge in [0.25, 0.3) is 5.56 Å². The predicted molar refractivity (Wildman–Crippen MR) is 100 cm³/mol. The first-order valence-corrected chi connectivity index (χ1v) is 8.95. The highest BCUT2D eigenvalue weighted by Crippen LogP contribution is 2.10. The lowest BCUT2D eigenvalue weighted by molar-refractivity contribution is -0.577. The molecule has 0 fully saturated rings. The number of esters is 2. The minimum absolute atomic E-state index is 0.139. The highest BCUT2D eigenvalue weighted by Gasteiger charge is 2.25. The maximum Gasteiger partial charge on any atom is 0.407 e. The molecule has 27 heavy (non-hydrogen) atoms. The van der Waals surface area contributed by atoms with Crippen molar-refractivity contribution in [3.05, 3.63) is 62.3 Å². The Balaban J connectivity index is 2.28. The summed E-state index contributed by atoms with van der Waals surface area (Å²) in [6, 6.07) is 9.56. The van der Waals surface area contributed by atoms with Gasteiger partial charge >= 0.3 is 17.6 Å². The average Bonchev–Trinajstić information content (AvgIpc) is 3.01. The molecular formula is C19H17N2O5S+. The number of nitrogens with zero attached hydrogens (tertiary/aromatic N) is 1. The number of aromatic nitrogens is 2. The van der Waals surface area contributed by atoms with E-state index in [0.29, 0.717) is 0 Å². The molecule has 0 radical (unpaired) electrons. The van der Waals surface area contributed by atoms with E-state index in [1.165, 1.54) is 7.11 Å². The van der Waals surface area contributed by atoms with Crippen LogP contribution in [0.1, 0.15) is 6.92 Å². The third kappa shape index (κ3) is 3.95. The van der Waals surface area contributed by atoms with E-state index in [4.69, 9.17) is 4.74 Å². The fraction of sp³-hybridized carbons (Fsp3) is 0.158. The number of carbonyl (C=O) groups excluding carboxylic acids is 2. The zero-order chi connectivity index (χ0) is 19.4. The number of fused-ring (bicyclic) bond motifs is 1. The molecule has 8 heteroatoms. The number of H-pyrrole nitrogens is 1. The number of hydrogen-bond acceptors (Lipinski definition) is 6. The fourth-order valence-electron chi connectivity index (χ4n) is 2.50. The number of nitrogens with one attached hydrogen (secondary N) is 1. The molecule has 7 nitrogen and oxygen atoms in total. The molecule has 0 aliphatic carbocycles. The molecule has 0 spiro atoms. The molecule has 0 aliphatic rings. The van der Waals surface area contributed by atoms with Crippen LogP contribution in [-0.2, 0) is 19.1 Å². The number of carbonyl (C=O) groups is 2. The molecule has 1 N–H and O–H groups in total. The molecule has 1 aromatic carbocycles. The number of benzene rings is 1. The summed E-state index contributed by atoms with van der Waals surface area (Å²) >= 11 is 0.983. The first-order valence-electron chi connectivity index (χ1n) is 8.14. The Morgan fingerprint density at radius 2 is 1.96 bits per heavy atom. The van der Waals surface area contributed by atoms with Gasteiger partial charge in [-0.05, 0) is 18.4 Å². The summed E-state index contributed by atoms with van der Waals surface area (Å²) in [4.78, 5) is 38.8. The van der Waals surface area contributed by atoms with Crippen LogP contribution in [0.5, 0.6) is 0 Å². The van der Waals surface area contributed by atoms with Crippen molar-refractivity contribution < 1.29 is 23.6 Å². The van der Waals surface area contributed by atoms with Crippen molar-refractivity contribution in [3.63, 3.8) is 0 Å². The molecule has 2 heterocycles. The lowest BCUT2D eigenvalue weighted by Gasteiger charge is -2.02. The van der Waals surface area contributed by atoms with Crippen LogP contribution >= 0.6 is 11.3 Å². The average molecular weight is 385 g/mol. The zero-order valence-corrected chi connectivity index (χ0v) is 15.5. The zero-order valence-electron chi connectivity index (χ0n) is 14.7. The van der Waals surface area contributed by atoms with E-state index in [9.17, 15) is 14.4 Å². The van der Waals surface area contributed by atoms with Crippen molar-refractivity contribution in [2.75, 3.05) is 13.7 Å². The van der Waals surface area contributed by atoms with Crippen LogP contribution in [0, 0.1) is 0 Å². The van der Waals surface area contributed by atoms with E-state index >= 15 is 0 Å². The molecule has 3 rings (SSSR count). The second kappa shape index (κ2) is 7.96. The summed E-state index contributed by atoms with van der Waals surface area (Å²) in [5.41, 5.74) is -0.321. The molecule has 0 saturated heterocycles. The maximum absolute atomic E-state index is 12.6. The molecule has 0 bridgehead atoms. The van der Waals surface area contributed by atoms with Gasteiger partial charge in [0.15, 0.2) is 17.1 Å². The Kier molecular flexibility index (Phi) is 5.46. The largest absolute Gasteiger partial charge is 0.466 e. The molecule has 2 aromatic heterocycles. The van der Waals surface area contributed by atoms with Crippen LogP contribution in [0.2, 0.25) is 0 Å². The predicted octanol–water partition coefficient (Wildman–Crippen LogP) is 0.0502. The van der Waals surface area contributed by atoms with Gasteiger partial charge in [0.05, 0.1) is 13.7 Å². The highest BCUT2D eigenvalue weighted by molar-refractivity contribution is 7.07. The topological polar surface area (TPSA) is 89.3 Å². The van der Waals surface area contributed by atoms with E-state index < -0.39 is 17.5 Å². The van der Waals surface area contributed by atoms with Crippen molar-refractivity contribution in [1.29, 1.82) is 0 Å². The Bertz CT molecular complexity index is 1190. The summed E-state index contributed by atoms with van der Waals surface area (Å²) in [7, 11) is 1.22. The van der Waals surface area contributed by atoms with Gasteiger partial charge in [-0.25, -0.2) is 9.59 Å². The summed E-state index contributed by atoms with van der Waals surface area (Å²) in [6.07, 6.45) is 4.58. The Morgan fingerprint density at radius 3 is 2.67 bits per heavy atom. The maximum atomic E-state index is 12.6. The van der Waals surface area contributed by atoms with Gasteiger partial charge in [-0.3, -0.25) is 4.79 Å². The van der Waals surface area contributed by atoms with Crippen LogP contribution in [0.25, 0.3) is 22.5 Å². The summed E-state index contributed by atoms with van der Waals surface area (Å²) in [5.74, 6) is -1.23. The van der Waals surface area contributed by atoms with Crippen LogP contribution in [0.15, 0.2) is 47.5 Å². The van der Waals surface area contributed by atoms with Crippen molar-refractivity contribution in [3.8, 4) is 0 Å². The number of ether oxygens (including phenoxy) is 2. The summed E-state index contributed by atoms with van der Waals surface area (Å²) in [6.45, 7) is 1.89. The van der Waals surface area contributed by atoms with Crippen molar-refractivity contribution >= 4 is 45.8 Å². The smallest absolute Gasteiger partial charge is 0.407 e. The van der Waals surface area contributed by atoms with Crippen LogP contribution in [0.3, 0.4) is 0 Å². The molecule has 0 saturated carbocycles. The number of pyridine rings is 1. The van der Waals surface area contributed by atoms with E-state index in [0.717, 1.165) is 28.2 Å². The number of hydrogen-bond donors (Lipinski definition) is 1. The van der Waals surface area contributed by atoms with E-state index in [-0.39, 0.29) is 21.5 Å². The normalized spacial score (nSPS) is 12.7. The van der Waals surface area contributed by atoms with Crippen molar-refractivity contribution in [1.82, 2.24) is 4.98 Å². The Morgan fingerprint density at radius 1 is 1.22 bits per heavy atom. The number of thiazole rings is 1. The minimum atomic E-state index is -0.648. The molecule has 138 valence electrons. The summed E-state index contributed by atoms with van der Waals surface area (Å²) in [5, 5.41) is 1.93. The lowest BCUT2D eigenvalue weighted by atomic mass is 10.2. The SMILES string of the molecule is CCOC(=O)C(=c1[nH]c(=O)/c(=C\C(=O)OC)s1)[n+]1ccc2ccccc2c1. The number of aromatic amines is 1. The first-order chi connectivity index (χ1) is 13.0. The molecule has 0 aliphatic heterocycles. The van der Waals surface area contributed by atoms with E-state index in [1.807, 2.05) is 30.3 Å². The molecule has 0 unspecified atom stereocenters. The van der Waals surface area contributed by atoms with E-state index in [2.05, 4.69) is 9.72 Å². The van der Waals surface area contributed by atoms with Gasteiger partial charge in [0.1, 0.15) is 4.53 Å². The van der Waals surface area contributed by atoms with Crippen LogP contribution in [-0.4, -0.2) is 30.6 Å². The van der Waals surface area contributed by atoms with Crippen LogP contribution in [0.4, 0.5) is 0 Å². The third-order valence-corrected chi connectivity index (χ3v) is 4.77. The lowest BCUT2D eigenvalue weighted by Crippen LogP contribution is -2.42. The molecular weight excluding hydrogens is 368 g/mol. The fourth-order valence-corrected chi connectivity index (χ4v) is 3.45. The van der Waals surface area contributed by atoms with Gasteiger partial charge in [-0.2, -0.15) is 4.57 Å². The number of methoxy groups -OCH3 is 1. The summed E-state index contributed by atoms with van der Waals surface area (Å²) < 4.78 is 11.7. The highest BCUT2D eigenvalue weighted by atomic mass is 32.1. The Labute approximate surface area is 157 Å². The molecule has 0 amide bonds. The van der Waals surface area contributed by atoms with Gasteiger partial charge in [0.2, 0.25) is 0 Å². The van der Waals surface area contributed by atoms with E-state index in [1.54, 1.807) is 23.9 Å². The number of rotatable bonds is 4. The Hall–Kier alpha value is -3.26. The minimum Gasteiger partial charge on any atom is -0.466 e. The van der Waals surface area contributed by atoms with Gasteiger partial charge in [-0.15, -0.1) is 11.3 Å². The van der Waals surface area contributed by atoms with Crippen molar-refractivity contribution in [2.45, 2.75) is 6.92 Å². The first kappa shape index (κ1) is 18.5. The quantitative estimate of drug-likeness (QED) is 0.506. The second-order valence-corrected chi connectivity index (χ2v) is 6.52. The van der Waals surface area contributed by atoms with Gasteiger partial charge in [-0.1, -0.05) is 18.2 Å². The van der Waals surface area contributed by atoms with Gasteiger partial charge < -0.3 is 14.5 Å². The second-order valence-electron chi connectivity index (χ2n) is 5.47. The third-order valence-electron chi connectivity index (χ3n) is 3.74. The molecule has 0 atom stereocenters. The van der Waals surface area contributed by atoms with Crippen molar-refractivity contribution in [2.24, 2.45) is 0 Å². The standard InChI is InChI=1S/C19H16N2O5S/c1-3-26-19(24)16(18-20-17(23)14(27-18)10-15(22)25-2)21-9-8-12-6-4-5-7-13(12)11-21/h4-11H,3H2,1-2H3/p+1/b14-10+. The van der Waals surface area contributed by atoms with Gasteiger partial charge in [0, 0.05) is 17.5 Å². The monoisotopic (exact) mass is 385 g/mol. The molecule has 3 aromatic rings. The van der Waals surface area contributed by atoms with Crippen LogP contribution < -0.4 is 19.3 Å².